The number of halogens is 2. The van der Waals surface area contributed by atoms with Gasteiger partial charge in [0.15, 0.2) is 11.5 Å². The molecule has 1 amide bonds. The van der Waals surface area contributed by atoms with Crippen LogP contribution in [-0.4, -0.2) is 48.8 Å². The van der Waals surface area contributed by atoms with E-state index in [9.17, 15) is 13.6 Å². The Kier molecular flexibility index (Phi) is 7.58. The van der Waals surface area contributed by atoms with Crippen molar-refractivity contribution in [1.29, 1.82) is 0 Å². The molecule has 3 aromatic rings. The average molecular weight is 447 g/mol. The molecule has 0 radical (unpaired) electrons. The Balaban J connectivity index is 1.56. The van der Waals surface area contributed by atoms with Crippen LogP contribution in [0, 0.1) is 0 Å². The highest BCUT2D eigenvalue weighted by atomic mass is 19.3. The van der Waals surface area contributed by atoms with Gasteiger partial charge in [-0.2, -0.15) is 13.8 Å². The number of aryl methyl sites for hydroxylation is 1. The van der Waals surface area contributed by atoms with E-state index < -0.39 is 6.61 Å². The Labute approximate surface area is 183 Å². The van der Waals surface area contributed by atoms with E-state index in [2.05, 4.69) is 14.9 Å². The Morgan fingerprint density at radius 3 is 2.50 bits per heavy atom. The number of carbonyl (C=O) groups excluding carboxylic acids is 1. The number of alkyl halides is 2. The molecule has 0 fully saturated rings. The fourth-order valence-corrected chi connectivity index (χ4v) is 2.99. The highest BCUT2D eigenvalue weighted by Crippen LogP contribution is 2.30. The zero-order valence-electron chi connectivity index (χ0n) is 17.9. The molecule has 0 aliphatic heterocycles. The number of rotatable bonds is 10. The molecule has 2 aromatic carbocycles. The van der Waals surface area contributed by atoms with E-state index in [4.69, 9.17) is 14.0 Å². The van der Waals surface area contributed by atoms with Crippen molar-refractivity contribution < 1.29 is 32.3 Å². The van der Waals surface area contributed by atoms with Gasteiger partial charge in [0.25, 0.3) is 0 Å². The minimum Gasteiger partial charge on any atom is -0.497 e. The summed E-state index contributed by atoms with van der Waals surface area (Å²) in [5.41, 5.74) is 1.39. The Morgan fingerprint density at radius 1 is 1.09 bits per heavy atom. The molecular formula is C22H23F2N3O5. The lowest BCUT2D eigenvalue weighted by Crippen LogP contribution is -2.26. The van der Waals surface area contributed by atoms with Gasteiger partial charge in [0.2, 0.25) is 17.6 Å². The third-order valence-corrected chi connectivity index (χ3v) is 4.66. The van der Waals surface area contributed by atoms with Crippen LogP contribution < -0.4 is 14.2 Å². The van der Waals surface area contributed by atoms with Gasteiger partial charge in [0.1, 0.15) is 5.75 Å². The Morgan fingerprint density at radius 2 is 1.84 bits per heavy atom. The van der Waals surface area contributed by atoms with Crippen LogP contribution in [-0.2, 0) is 17.8 Å². The summed E-state index contributed by atoms with van der Waals surface area (Å²) in [6.07, 6.45) is 0.423. The van der Waals surface area contributed by atoms with Crippen LogP contribution in [0.4, 0.5) is 8.78 Å². The Bertz CT molecular complexity index is 1040. The first-order valence-corrected chi connectivity index (χ1v) is 9.72. The number of hydrogen-bond acceptors (Lipinski definition) is 7. The van der Waals surface area contributed by atoms with Crippen LogP contribution in [0.5, 0.6) is 17.2 Å². The Hall–Kier alpha value is -3.69. The predicted molar refractivity (Wildman–Crippen MR) is 111 cm³/mol. The molecule has 3 rings (SSSR count). The zero-order chi connectivity index (χ0) is 23.1. The second kappa shape index (κ2) is 10.6. The van der Waals surface area contributed by atoms with Gasteiger partial charge < -0.3 is 23.6 Å². The third-order valence-electron chi connectivity index (χ3n) is 4.66. The standard InChI is InChI=1S/C22H23F2N3O5/c1-27(13-14-4-9-17(30-3)18(12-14)31-22(23)24)20(28)11-10-19-25-21(26-32-19)15-5-7-16(29-2)8-6-15/h4-9,12,22H,10-11,13H2,1-3H3. The molecule has 0 saturated heterocycles. The highest BCUT2D eigenvalue weighted by molar-refractivity contribution is 5.76. The van der Waals surface area contributed by atoms with Crippen LogP contribution in [0.1, 0.15) is 17.9 Å². The molecule has 0 N–H and O–H groups in total. The van der Waals surface area contributed by atoms with Gasteiger partial charge in [-0.1, -0.05) is 11.2 Å². The molecule has 1 heterocycles. The van der Waals surface area contributed by atoms with E-state index in [1.54, 1.807) is 32.4 Å². The minimum absolute atomic E-state index is 0.0854. The lowest BCUT2D eigenvalue weighted by molar-refractivity contribution is -0.130. The summed E-state index contributed by atoms with van der Waals surface area (Å²) in [5.74, 6) is 1.42. The average Bonchev–Trinajstić information content (AvgIpc) is 3.26. The van der Waals surface area contributed by atoms with E-state index in [0.717, 1.165) is 11.3 Å². The predicted octanol–water partition coefficient (Wildman–Crippen LogP) is 3.95. The molecule has 1 aromatic heterocycles. The van der Waals surface area contributed by atoms with Crippen molar-refractivity contribution in [3.63, 3.8) is 0 Å². The first-order chi connectivity index (χ1) is 15.4. The number of amides is 1. The van der Waals surface area contributed by atoms with E-state index in [0.29, 0.717) is 17.3 Å². The van der Waals surface area contributed by atoms with Crippen molar-refractivity contribution >= 4 is 5.91 Å². The van der Waals surface area contributed by atoms with Gasteiger partial charge >= 0.3 is 6.61 Å². The maximum absolute atomic E-state index is 12.6. The number of nitrogens with zero attached hydrogens (tertiary/aromatic N) is 3. The molecule has 0 saturated carbocycles. The minimum atomic E-state index is -2.98. The van der Waals surface area contributed by atoms with Crippen LogP contribution in [0.3, 0.4) is 0 Å². The van der Waals surface area contributed by atoms with Crippen molar-refractivity contribution in [1.82, 2.24) is 15.0 Å². The molecule has 10 heteroatoms. The summed E-state index contributed by atoms with van der Waals surface area (Å²) in [6, 6.07) is 11.8. The topological polar surface area (TPSA) is 86.9 Å². The van der Waals surface area contributed by atoms with E-state index in [1.807, 2.05) is 12.1 Å². The quantitative estimate of drug-likeness (QED) is 0.465. The molecule has 170 valence electrons. The molecular weight excluding hydrogens is 424 g/mol. The molecule has 8 nitrogen and oxygen atoms in total. The van der Waals surface area contributed by atoms with Gasteiger partial charge in [-0.05, 0) is 42.0 Å². The molecule has 0 unspecified atom stereocenters. The number of ether oxygens (including phenoxy) is 3. The summed E-state index contributed by atoms with van der Waals surface area (Å²) >= 11 is 0. The van der Waals surface area contributed by atoms with Crippen molar-refractivity contribution in [2.45, 2.75) is 26.0 Å². The van der Waals surface area contributed by atoms with Gasteiger partial charge in [-0.25, -0.2) is 0 Å². The number of benzene rings is 2. The fourth-order valence-electron chi connectivity index (χ4n) is 2.99. The second-order valence-corrected chi connectivity index (χ2v) is 6.85. The molecule has 0 spiro atoms. The first-order valence-electron chi connectivity index (χ1n) is 9.72. The molecule has 0 aliphatic rings. The zero-order valence-corrected chi connectivity index (χ0v) is 17.9. The number of aromatic nitrogens is 2. The third kappa shape index (κ3) is 5.93. The van der Waals surface area contributed by atoms with Crippen molar-refractivity contribution in [3.8, 4) is 28.6 Å². The number of carbonyl (C=O) groups is 1. The second-order valence-electron chi connectivity index (χ2n) is 6.85. The van der Waals surface area contributed by atoms with Crippen molar-refractivity contribution in [2.75, 3.05) is 21.3 Å². The van der Waals surface area contributed by atoms with Crippen molar-refractivity contribution in [3.05, 3.63) is 53.9 Å². The van der Waals surface area contributed by atoms with Gasteiger partial charge in [-0.3, -0.25) is 4.79 Å². The molecule has 0 bridgehead atoms. The fraction of sp³-hybridized carbons (Fsp3) is 0.318. The normalized spacial score (nSPS) is 10.8. The smallest absolute Gasteiger partial charge is 0.387 e. The summed E-state index contributed by atoms with van der Waals surface area (Å²) in [6.45, 7) is -2.76. The van der Waals surface area contributed by atoms with Gasteiger partial charge in [0.05, 0.1) is 14.2 Å². The maximum atomic E-state index is 12.6. The SMILES string of the molecule is COc1ccc(-c2noc(CCC(=O)N(C)Cc3ccc(OC)c(OC(F)F)c3)n2)cc1. The molecule has 32 heavy (non-hydrogen) atoms. The number of hydrogen-bond donors (Lipinski definition) is 0. The first kappa shape index (κ1) is 23.0. The highest BCUT2D eigenvalue weighted by Gasteiger charge is 2.16. The lowest BCUT2D eigenvalue weighted by atomic mass is 10.1. The van der Waals surface area contributed by atoms with Crippen LogP contribution in [0.15, 0.2) is 47.0 Å². The van der Waals surface area contributed by atoms with E-state index in [-0.39, 0.29) is 36.8 Å². The van der Waals surface area contributed by atoms with E-state index >= 15 is 0 Å². The van der Waals surface area contributed by atoms with E-state index in [1.165, 1.54) is 24.1 Å². The monoisotopic (exact) mass is 447 g/mol. The molecule has 0 aliphatic carbocycles. The van der Waals surface area contributed by atoms with Crippen LogP contribution in [0.2, 0.25) is 0 Å². The van der Waals surface area contributed by atoms with Crippen LogP contribution in [0.25, 0.3) is 11.4 Å². The van der Waals surface area contributed by atoms with Crippen LogP contribution >= 0.6 is 0 Å². The summed E-state index contributed by atoms with van der Waals surface area (Å²) < 4.78 is 45.1. The van der Waals surface area contributed by atoms with Crippen molar-refractivity contribution in [2.24, 2.45) is 0 Å². The summed E-state index contributed by atoms with van der Waals surface area (Å²) in [7, 11) is 4.57. The summed E-state index contributed by atoms with van der Waals surface area (Å²) in [4.78, 5) is 18.3. The summed E-state index contributed by atoms with van der Waals surface area (Å²) in [5, 5.41) is 3.94. The largest absolute Gasteiger partial charge is 0.497 e. The van der Waals surface area contributed by atoms with Gasteiger partial charge in [0, 0.05) is 32.0 Å². The lowest BCUT2D eigenvalue weighted by Gasteiger charge is -2.18. The number of methoxy groups -OCH3 is 2. The van der Waals surface area contributed by atoms with Gasteiger partial charge in [-0.15, -0.1) is 0 Å². The maximum Gasteiger partial charge on any atom is 0.387 e. The molecule has 0 atom stereocenters.